The standard InChI is InChI=1S/C14H21NO2S2/c1-9-7-15-11(10(2)14(9)17-3)6-12(16)13-8-18-4-5-19-13/h7,12-13,16H,4-6,8H2,1-3H3. The van der Waals surface area contributed by atoms with Gasteiger partial charge in [-0.25, -0.2) is 0 Å². The Labute approximate surface area is 123 Å². The van der Waals surface area contributed by atoms with Crippen molar-refractivity contribution in [3.05, 3.63) is 23.0 Å². The number of aliphatic hydroxyl groups is 1. The lowest BCUT2D eigenvalue weighted by molar-refractivity contribution is 0.176. The molecule has 106 valence electrons. The van der Waals surface area contributed by atoms with Gasteiger partial charge in [0.25, 0.3) is 0 Å². The molecule has 2 heterocycles. The zero-order chi connectivity index (χ0) is 13.8. The first-order chi connectivity index (χ1) is 9.13. The van der Waals surface area contributed by atoms with Gasteiger partial charge in [-0.2, -0.15) is 23.5 Å². The third-order valence-electron chi connectivity index (χ3n) is 3.42. The van der Waals surface area contributed by atoms with E-state index in [0.717, 1.165) is 34.1 Å². The molecule has 19 heavy (non-hydrogen) atoms. The van der Waals surface area contributed by atoms with Gasteiger partial charge in [0, 0.05) is 51.9 Å². The van der Waals surface area contributed by atoms with Gasteiger partial charge < -0.3 is 9.84 Å². The molecule has 1 aliphatic rings. The molecular formula is C14H21NO2S2. The van der Waals surface area contributed by atoms with Gasteiger partial charge in [-0.3, -0.25) is 4.98 Å². The minimum atomic E-state index is -0.323. The number of ether oxygens (including phenoxy) is 1. The molecule has 1 aromatic heterocycles. The smallest absolute Gasteiger partial charge is 0.128 e. The number of hydrogen-bond donors (Lipinski definition) is 1. The molecule has 2 atom stereocenters. The molecule has 2 unspecified atom stereocenters. The second-order valence-corrected chi connectivity index (χ2v) is 7.30. The van der Waals surface area contributed by atoms with Gasteiger partial charge in [0.15, 0.2) is 0 Å². The second kappa shape index (κ2) is 6.86. The molecule has 0 amide bonds. The first-order valence-electron chi connectivity index (χ1n) is 6.50. The Bertz CT molecular complexity index is 434. The summed E-state index contributed by atoms with van der Waals surface area (Å²) in [5, 5.41) is 10.7. The van der Waals surface area contributed by atoms with Gasteiger partial charge in [-0.1, -0.05) is 0 Å². The average Bonchev–Trinajstić information content (AvgIpc) is 2.43. The van der Waals surface area contributed by atoms with Crippen LogP contribution >= 0.6 is 23.5 Å². The average molecular weight is 299 g/mol. The minimum Gasteiger partial charge on any atom is -0.496 e. The van der Waals surface area contributed by atoms with E-state index in [9.17, 15) is 5.11 Å². The number of aromatic nitrogens is 1. The van der Waals surface area contributed by atoms with Crippen LogP contribution in [0.3, 0.4) is 0 Å². The summed E-state index contributed by atoms with van der Waals surface area (Å²) in [4.78, 5) is 4.47. The fraction of sp³-hybridized carbons (Fsp3) is 0.643. The third-order valence-corrected chi connectivity index (χ3v) is 6.33. The normalized spacial score (nSPS) is 21.2. The van der Waals surface area contributed by atoms with Crippen molar-refractivity contribution in [3.8, 4) is 5.75 Å². The van der Waals surface area contributed by atoms with Crippen molar-refractivity contribution in [1.82, 2.24) is 4.98 Å². The summed E-state index contributed by atoms with van der Waals surface area (Å²) < 4.78 is 5.41. The quantitative estimate of drug-likeness (QED) is 0.925. The summed E-state index contributed by atoms with van der Waals surface area (Å²) >= 11 is 3.81. The molecule has 1 N–H and O–H groups in total. The van der Waals surface area contributed by atoms with Crippen LogP contribution in [0.15, 0.2) is 6.20 Å². The van der Waals surface area contributed by atoms with E-state index < -0.39 is 0 Å². The van der Waals surface area contributed by atoms with Crippen LogP contribution in [0.1, 0.15) is 16.8 Å². The highest BCUT2D eigenvalue weighted by atomic mass is 32.2. The number of aryl methyl sites for hydroxylation is 1. The molecule has 5 heteroatoms. The molecule has 3 nitrogen and oxygen atoms in total. The lowest BCUT2D eigenvalue weighted by Gasteiger charge is -2.26. The van der Waals surface area contributed by atoms with E-state index in [2.05, 4.69) is 4.98 Å². The highest BCUT2D eigenvalue weighted by Gasteiger charge is 2.24. The van der Waals surface area contributed by atoms with E-state index >= 15 is 0 Å². The molecule has 0 bridgehead atoms. The Kier molecular flexibility index (Phi) is 5.42. The zero-order valence-electron chi connectivity index (χ0n) is 11.7. The minimum absolute atomic E-state index is 0.323. The molecule has 0 saturated carbocycles. The summed E-state index contributed by atoms with van der Waals surface area (Å²) in [5.41, 5.74) is 3.04. The van der Waals surface area contributed by atoms with Gasteiger partial charge in [-0.15, -0.1) is 0 Å². The molecule has 1 aliphatic heterocycles. The highest BCUT2D eigenvalue weighted by Crippen LogP contribution is 2.29. The number of rotatable bonds is 4. The maximum absolute atomic E-state index is 10.4. The van der Waals surface area contributed by atoms with Crippen LogP contribution in [0.4, 0.5) is 0 Å². The number of pyridine rings is 1. The first-order valence-corrected chi connectivity index (χ1v) is 8.70. The van der Waals surface area contributed by atoms with Gasteiger partial charge in [0.2, 0.25) is 0 Å². The first kappa shape index (κ1) is 15.0. The number of methoxy groups -OCH3 is 1. The van der Waals surface area contributed by atoms with E-state index in [1.807, 2.05) is 43.6 Å². The molecule has 1 saturated heterocycles. The molecule has 1 aromatic rings. The Morgan fingerprint density at radius 3 is 2.89 bits per heavy atom. The fourth-order valence-electron chi connectivity index (χ4n) is 2.33. The largest absolute Gasteiger partial charge is 0.496 e. The van der Waals surface area contributed by atoms with Gasteiger partial charge >= 0.3 is 0 Å². The van der Waals surface area contributed by atoms with Crippen LogP contribution in [0.25, 0.3) is 0 Å². The van der Waals surface area contributed by atoms with Crippen molar-refractivity contribution < 1.29 is 9.84 Å². The third kappa shape index (κ3) is 3.58. The van der Waals surface area contributed by atoms with Crippen molar-refractivity contribution >= 4 is 23.5 Å². The predicted molar refractivity (Wildman–Crippen MR) is 83.5 cm³/mol. The number of nitrogens with zero attached hydrogens (tertiary/aromatic N) is 1. The summed E-state index contributed by atoms with van der Waals surface area (Å²) in [5.74, 6) is 4.26. The molecule has 0 radical (unpaired) electrons. The van der Waals surface area contributed by atoms with Crippen LogP contribution < -0.4 is 4.74 Å². The maximum Gasteiger partial charge on any atom is 0.128 e. The van der Waals surface area contributed by atoms with Crippen LogP contribution in [0.5, 0.6) is 5.75 Å². The fourth-order valence-corrected chi connectivity index (χ4v) is 5.11. The lowest BCUT2D eigenvalue weighted by atomic mass is 10.0. The molecule has 0 aliphatic carbocycles. The zero-order valence-corrected chi connectivity index (χ0v) is 13.3. The maximum atomic E-state index is 10.4. The Hall–Kier alpha value is -0.390. The van der Waals surface area contributed by atoms with Crippen molar-refractivity contribution in [3.63, 3.8) is 0 Å². The van der Waals surface area contributed by atoms with E-state index in [1.54, 1.807) is 7.11 Å². The summed E-state index contributed by atoms with van der Waals surface area (Å²) in [6, 6.07) is 0. The van der Waals surface area contributed by atoms with Gasteiger partial charge in [-0.05, 0) is 13.8 Å². The van der Waals surface area contributed by atoms with Crippen molar-refractivity contribution in [1.29, 1.82) is 0 Å². The van der Waals surface area contributed by atoms with E-state index in [-0.39, 0.29) is 6.10 Å². The SMILES string of the molecule is COc1c(C)cnc(CC(O)C2CSCCS2)c1C. The monoisotopic (exact) mass is 299 g/mol. The van der Waals surface area contributed by atoms with Gasteiger partial charge in [0.1, 0.15) is 5.75 Å². The number of aliphatic hydroxyl groups excluding tert-OH is 1. The van der Waals surface area contributed by atoms with Crippen molar-refractivity contribution in [2.75, 3.05) is 24.4 Å². The van der Waals surface area contributed by atoms with Crippen LogP contribution in [-0.2, 0) is 6.42 Å². The molecular weight excluding hydrogens is 278 g/mol. The topological polar surface area (TPSA) is 42.4 Å². The lowest BCUT2D eigenvalue weighted by Crippen LogP contribution is -2.31. The van der Waals surface area contributed by atoms with Crippen LogP contribution in [-0.4, -0.2) is 45.8 Å². The summed E-state index contributed by atoms with van der Waals surface area (Å²) in [6.45, 7) is 4.01. The second-order valence-electron chi connectivity index (χ2n) is 4.80. The summed E-state index contributed by atoms with van der Waals surface area (Å²) in [7, 11) is 1.68. The van der Waals surface area contributed by atoms with Crippen molar-refractivity contribution in [2.24, 2.45) is 0 Å². The predicted octanol–water partition coefficient (Wildman–Crippen LogP) is 2.46. The van der Waals surface area contributed by atoms with Crippen LogP contribution in [0.2, 0.25) is 0 Å². The highest BCUT2D eigenvalue weighted by molar-refractivity contribution is 8.06. The van der Waals surface area contributed by atoms with Crippen LogP contribution in [0, 0.1) is 13.8 Å². The summed E-state index contributed by atoms with van der Waals surface area (Å²) in [6.07, 6.45) is 2.12. The van der Waals surface area contributed by atoms with Gasteiger partial charge in [0.05, 0.1) is 13.2 Å². The molecule has 1 fully saturated rings. The van der Waals surface area contributed by atoms with E-state index in [1.165, 1.54) is 5.75 Å². The number of thioether (sulfide) groups is 2. The van der Waals surface area contributed by atoms with Crippen molar-refractivity contribution in [2.45, 2.75) is 31.6 Å². The molecule has 0 spiro atoms. The Balaban J connectivity index is 2.10. The number of hydrogen-bond acceptors (Lipinski definition) is 5. The Morgan fingerprint density at radius 2 is 2.26 bits per heavy atom. The molecule has 0 aromatic carbocycles. The Morgan fingerprint density at radius 1 is 1.47 bits per heavy atom. The molecule has 2 rings (SSSR count). The van der Waals surface area contributed by atoms with E-state index in [4.69, 9.17) is 4.74 Å². The van der Waals surface area contributed by atoms with E-state index in [0.29, 0.717) is 11.7 Å².